The van der Waals surface area contributed by atoms with Gasteiger partial charge in [0, 0.05) is 25.4 Å². The molecule has 13 heteroatoms. The Labute approximate surface area is 302 Å². The van der Waals surface area contributed by atoms with Crippen molar-refractivity contribution in [2.24, 2.45) is 16.7 Å². The molecule has 0 radical (unpaired) electrons. The molecule has 5 atom stereocenters. The molecular weight excluding hydrogens is 673 g/mol. The maximum Gasteiger partial charge on any atom is 0.407 e. The third-order valence-electron chi connectivity index (χ3n) is 11.1. The van der Waals surface area contributed by atoms with E-state index >= 15 is 0 Å². The molecule has 2 saturated carbocycles. The molecule has 4 amide bonds. The number of fused-ring (bicyclic) bond motifs is 3. The van der Waals surface area contributed by atoms with Gasteiger partial charge in [-0.25, -0.2) is 13.2 Å². The molecule has 0 unspecified atom stereocenters. The number of nitrogens with zero attached hydrogens (tertiary/aromatic N) is 1. The van der Waals surface area contributed by atoms with Crippen LogP contribution in [0.2, 0.25) is 0 Å². The zero-order chi connectivity index (χ0) is 37.0. The first-order valence-electron chi connectivity index (χ1n) is 18.8. The maximum atomic E-state index is 14.4. The quantitative estimate of drug-likeness (QED) is 0.373. The van der Waals surface area contributed by atoms with Crippen molar-refractivity contribution in [3.8, 4) is 0 Å². The lowest BCUT2D eigenvalue weighted by Gasteiger charge is -2.35. The van der Waals surface area contributed by atoms with E-state index in [1.54, 1.807) is 0 Å². The summed E-state index contributed by atoms with van der Waals surface area (Å²) >= 11 is 0. The van der Waals surface area contributed by atoms with E-state index in [-0.39, 0.29) is 50.0 Å². The monoisotopic (exact) mass is 728 g/mol. The highest BCUT2D eigenvalue weighted by atomic mass is 32.2. The number of rotatable bonds is 7. The predicted molar refractivity (Wildman–Crippen MR) is 192 cm³/mol. The molecule has 0 aromatic heterocycles. The van der Waals surface area contributed by atoms with Crippen LogP contribution >= 0.6 is 0 Å². The molecule has 2 bridgehead atoms. The van der Waals surface area contributed by atoms with Gasteiger partial charge in [0.25, 0.3) is 0 Å². The number of benzene rings is 1. The molecule has 2 aliphatic heterocycles. The van der Waals surface area contributed by atoms with E-state index in [2.05, 4.69) is 27.5 Å². The van der Waals surface area contributed by atoms with E-state index in [0.717, 1.165) is 37.7 Å². The van der Waals surface area contributed by atoms with Crippen LogP contribution in [0.1, 0.15) is 116 Å². The summed E-state index contributed by atoms with van der Waals surface area (Å²) in [5, 5.41) is 5.22. The van der Waals surface area contributed by atoms with Gasteiger partial charge in [0.15, 0.2) is 5.78 Å². The third kappa shape index (κ3) is 9.70. The van der Waals surface area contributed by atoms with Crippen molar-refractivity contribution < 1.29 is 37.1 Å². The lowest BCUT2D eigenvalue weighted by Crippen LogP contribution is -2.57. The zero-order valence-electron chi connectivity index (χ0n) is 30.6. The second-order valence-electron chi connectivity index (χ2n) is 16.2. The molecule has 3 fully saturated rings. The van der Waals surface area contributed by atoms with Crippen molar-refractivity contribution in [2.75, 3.05) is 13.2 Å². The highest BCUT2D eigenvalue weighted by molar-refractivity contribution is 7.90. The Hall–Kier alpha value is -3.48. The molecule has 5 rings (SSSR count). The summed E-state index contributed by atoms with van der Waals surface area (Å²) in [6.45, 7) is 7.62. The average Bonchev–Trinajstić information content (AvgIpc) is 4.00. The Kier molecular flexibility index (Phi) is 12.2. The van der Waals surface area contributed by atoms with Crippen LogP contribution in [0.5, 0.6) is 0 Å². The van der Waals surface area contributed by atoms with Crippen LogP contribution in [0.25, 0.3) is 0 Å². The van der Waals surface area contributed by atoms with Crippen molar-refractivity contribution in [1.29, 1.82) is 0 Å². The standard InChI is InChI=1S/C38H56N4O8S/c1-5-27-22-38(27,35(46)41-51(48,49)29-17-18-29)23-31(43)30-21-28-24-42(30)34(45)33(37(2,3)4)40-36(47)50-20-12-8-6-7-9-13-25-14-10-11-15-26(25)16-19-32(44)39-28/h10-11,14-15,27-30,33H,5-9,12-13,16-24H2,1-4H3,(H,39,44)(H,40,47)(H,41,46)/t27-,28-,30+,33-,38-/m1/s1. The molecule has 2 heterocycles. The number of ether oxygens (including phenoxy) is 1. The molecule has 12 nitrogen and oxygen atoms in total. The van der Waals surface area contributed by atoms with E-state index in [4.69, 9.17) is 4.74 Å². The van der Waals surface area contributed by atoms with E-state index in [9.17, 15) is 32.4 Å². The Bertz CT molecular complexity index is 1590. The van der Waals surface area contributed by atoms with Crippen LogP contribution in [-0.4, -0.2) is 79.4 Å². The molecule has 1 aromatic carbocycles. The summed E-state index contributed by atoms with van der Waals surface area (Å²) in [6, 6.07) is 5.60. The fraction of sp³-hybridized carbons (Fsp3) is 0.711. The second kappa shape index (κ2) is 16.0. The minimum atomic E-state index is -3.81. The average molecular weight is 729 g/mol. The molecule has 1 saturated heterocycles. The fourth-order valence-electron chi connectivity index (χ4n) is 7.78. The lowest BCUT2D eigenvalue weighted by atomic mass is 9.85. The van der Waals surface area contributed by atoms with E-state index in [1.165, 1.54) is 10.5 Å². The number of sulfonamides is 1. The van der Waals surface area contributed by atoms with Gasteiger partial charge in [-0.05, 0) is 73.8 Å². The van der Waals surface area contributed by atoms with E-state index in [1.807, 2.05) is 39.8 Å². The number of aryl methyl sites for hydroxylation is 2. The number of cyclic esters (lactones) is 1. The zero-order valence-corrected chi connectivity index (χ0v) is 31.4. The van der Waals surface area contributed by atoms with Gasteiger partial charge in [-0.15, -0.1) is 0 Å². The summed E-state index contributed by atoms with van der Waals surface area (Å²) in [5.74, 6) is -1.86. The maximum absolute atomic E-state index is 14.4. The summed E-state index contributed by atoms with van der Waals surface area (Å²) in [5.41, 5.74) is 0.421. The first kappa shape index (κ1) is 38.7. The lowest BCUT2D eigenvalue weighted by molar-refractivity contribution is -0.142. The predicted octanol–water partition coefficient (Wildman–Crippen LogP) is 4.34. The van der Waals surface area contributed by atoms with Gasteiger partial charge in [-0.3, -0.25) is 23.9 Å². The number of carbonyl (C=O) groups is 5. The van der Waals surface area contributed by atoms with E-state index in [0.29, 0.717) is 38.5 Å². The van der Waals surface area contributed by atoms with Gasteiger partial charge in [0.1, 0.15) is 6.04 Å². The molecule has 3 N–H and O–H groups in total. The summed E-state index contributed by atoms with van der Waals surface area (Å²) in [6.07, 6.45) is 7.57. The van der Waals surface area contributed by atoms with Crippen LogP contribution in [0.4, 0.5) is 4.79 Å². The van der Waals surface area contributed by atoms with Gasteiger partial charge in [-0.2, -0.15) is 0 Å². The van der Waals surface area contributed by atoms with Crippen LogP contribution in [0.3, 0.4) is 0 Å². The Morgan fingerprint density at radius 2 is 1.63 bits per heavy atom. The Balaban J connectivity index is 1.38. The highest BCUT2D eigenvalue weighted by Gasteiger charge is 2.61. The smallest absolute Gasteiger partial charge is 0.407 e. The van der Waals surface area contributed by atoms with Gasteiger partial charge in [0.2, 0.25) is 27.7 Å². The van der Waals surface area contributed by atoms with Crippen LogP contribution < -0.4 is 15.4 Å². The molecule has 51 heavy (non-hydrogen) atoms. The molecule has 4 aliphatic rings. The number of carbonyl (C=O) groups excluding carboxylic acids is 5. The van der Waals surface area contributed by atoms with Crippen molar-refractivity contribution in [1.82, 2.24) is 20.3 Å². The number of amides is 4. The van der Waals surface area contributed by atoms with Gasteiger partial charge in [-0.1, -0.05) is 77.6 Å². The van der Waals surface area contributed by atoms with Crippen molar-refractivity contribution in [3.63, 3.8) is 0 Å². The Morgan fingerprint density at radius 3 is 2.27 bits per heavy atom. The van der Waals surface area contributed by atoms with Crippen molar-refractivity contribution in [3.05, 3.63) is 35.4 Å². The highest BCUT2D eigenvalue weighted by Crippen LogP contribution is 2.58. The molecule has 282 valence electrons. The second-order valence-corrected chi connectivity index (χ2v) is 18.1. The van der Waals surface area contributed by atoms with Crippen LogP contribution in [-0.2, 0) is 46.8 Å². The summed E-state index contributed by atoms with van der Waals surface area (Å²) < 4.78 is 33.1. The Morgan fingerprint density at radius 1 is 0.961 bits per heavy atom. The largest absolute Gasteiger partial charge is 0.450 e. The minimum absolute atomic E-state index is 0.0489. The minimum Gasteiger partial charge on any atom is -0.450 e. The number of ketones is 1. The fourth-order valence-corrected chi connectivity index (χ4v) is 9.17. The third-order valence-corrected chi connectivity index (χ3v) is 12.9. The SMILES string of the molecule is CC[C@@H]1C[C@]1(CC(=O)[C@@H]1C[C@@H]2CN1C(=O)[C@H](C(C)(C)C)NC(=O)OCCCCCCCc1ccccc1CCC(=O)N2)C(=O)NS(=O)(=O)C1CC1. The van der Waals surface area contributed by atoms with Gasteiger partial charge >= 0.3 is 6.09 Å². The number of alkyl carbamates (subject to hydrolysis) is 1. The first-order chi connectivity index (χ1) is 24.1. The van der Waals surface area contributed by atoms with Crippen molar-refractivity contribution in [2.45, 2.75) is 141 Å². The number of Topliss-reactive ketones (excluding diaryl/α,β-unsaturated/α-hetero) is 1. The van der Waals surface area contributed by atoms with Gasteiger partial charge < -0.3 is 20.3 Å². The van der Waals surface area contributed by atoms with Gasteiger partial charge in [0.05, 0.1) is 23.3 Å². The van der Waals surface area contributed by atoms with E-state index < -0.39 is 62.1 Å². The molecule has 2 aliphatic carbocycles. The molecular formula is C38H56N4O8S. The van der Waals surface area contributed by atoms with Crippen LogP contribution in [0.15, 0.2) is 24.3 Å². The van der Waals surface area contributed by atoms with Crippen molar-refractivity contribution >= 4 is 39.6 Å². The first-order valence-corrected chi connectivity index (χ1v) is 20.4. The summed E-state index contributed by atoms with van der Waals surface area (Å²) in [7, 11) is -3.81. The number of hydrogen-bond acceptors (Lipinski definition) is 8. The topological polar surface area (TPSA) is 168 Å². The normalized spacial score (nSPS) is 28.7. The number of hydrogen-bond donors (Lipinski definition) is 3. The number of nitrogens with one attached hydrogen (secondary N) is 3. The van der Waals surface area contributed by atoms with Crippen LogP contribution in [0, 0.1) is 16.7 Å². The molecule has 1 aromatic rings. The summed E-state index contributed by atoms with van der Waals surface area (Å²) in [4.78, 5) is 69.9. The molecule has 0 spiro atoms.